The Balaban J connectivity index is 2.04. The lowest BCUT2D eigenvalue weighted by Gasteiger charge is -2.05. The maximum Gasteiger partial charge on any atom is 0.0709 e. The molecule has 0 aliphatic carbocycles. The molecule has 1 aromatic heterocycles. The largest absolute Gasteiger partial charge is 0.248 e. The van der Waals surface area contributed by atoms with Crippen molar-refractivity contribution in [2.45, 2.75) is 13.8 Å². The summed E-state index contributed by atoms with van der Waals surface area (Å²) in [5.74, 6) is 0. The van der Waals surface area contributed by atoms with Gasteiger partial charge in [0.15, 0.2) is 0 Å². The zero-order valence-corrected chi connectivity index (χ0v) is 11.8. The highest BCUT2D eigenvalue weighted by molar-refractivity contribution is 5.84. The number of nitrogens with zero attached hydrogens (tertiary/aromatic N) is 1. The zero-order valence-electron chi connectivity index (χ0n) is 11.8. The molecule has 3 rings (SSSR count). The molecule has 0 spiro atoms. The van der Waals surface area contributed by atoms with Crippen LogP contribution in [0.1, 0.15) is 23.7 Å². The molecule has 1 heterocycles. The summed E-state index contributed by atoms with van der Waals surface area (Å²) in [5.41, 5.74) is 5.80. The van der Waals surface area contributed by atoms with Gasteiger partial charge in [0, 0.05) is 5.39 Å². The summed E-state index contributed by atoms with van der Waals surface area (Å²) in [7, 11) is 0. The van der Waals surface area contributed by atoms with E-state index in [1.54, 1.807) is 0 Å². The van der Waals surface area contributed by atoms with Crippen LogP contribution in [0.4, 0.5) is 0 Å². The first-order valence-electron chi connectivity index (χ1n) is 6.84. The summed E-state index contributed by atoms with van der Waals surface area (Å²) in [6, 6.07) is 20.8. The predicted octanol–water partition coefficient (Wildman–Crippen LogP) is 5.10. The van der Waals surface area contributed by atoms with E-state index in [0.29, 0.717) is 0 Å². The van der Waals surface area contributed by atoms with Crippen molar-refractivity contribution in [1.82, 2.24) is 4.98 Å². The summed E-state index contributed by atoms with van der Waals surface area (Å²) in [5, 5.41) is 1.18. The SMILES string of the molecule is C/C(=C\c1ccccc1C)c1ccc2ccccc2n1. The molecule has 0 N–H and O–H groups in total. The van der Waals surface area contributed by atoms with E-state index < -0.39 is 0 Å². The molecule has 0 aliphatic heterocycles. The van der Waals surface area contributed by atoms with Crippen LogP contribution in [0.5, 0.6) is 0 Å². The van der Waals surface area contributed by atoms with E-state index >= 15 is 0 Å². The second-order valence-electron chi connectivity index (χ2n) is 5.07. The van der Waals surface area contributed by atoms with Gasteiger partial charge in [0.2, 0.25) is 0 Å². The van der Waals surface area contributed by atoms with Crippen LogP contribution >= 0.6 is 0 Å². The van der Waals surface area contributed by atoms with Gasteiger partial charge in [0.05, 0.1) is 11.2 Å². The minimum Gasteiger partial charge on any atom is -0.248 e. The van der Waals surface area contributed by atoms with Gasteiger partial charge in [-0.25, -0.2) is 4.98 Å². The molecule has 98 valence electrons. The van der Waals surface area contributed by atoms with Crippen molar-refractivity contribution in [1.29, 1.82) is 0 Å². The van der Waals surface area contributed by atoms with Gasteiger partial charge in [-0.1, -0.05) is 48.5 Å². The van der Waals surface area contributed by atoms with E-state index in [1.807, 2.05) is 12.1 Å². The van der Waals surface area contributed by atoms with Crippen molar-refractivity contribution in [2.24, 2.45) is 0 Å². The molecule has 2 aromatic carbocycles. The second-order valence-corrected chi connectivity index (χ2v) is 5.07. The number of rotatable bonds is 2. The van der Waals surface area contributed by atoms with Gasteiger partial charge in [-0.05, 0) is 48.8 Å². The van der Waals surface area contributed by atoms with Crippen LogP contribution in [0.15, 0.2) is 60.7 Å². The minimum absolute atomic E-state index is 1.03. The van der Waals surface area contributed by atoms with E-state index in [4.69, 9.17) is 4.98 Å². The second kappa shape index (κ2) is 5.30. The summed E-state index contributed by atoms with van der Waals surface area (Å²) >= 11 is 0. The van der Waals surface area contributed by atoms with Crippen molar-refractivity contribution in [3.8, 4) is 0 Å². The van der Waals surface area contributed by atoms with Crippen LogP contribution in [-0.4, -0.2) is 4.98 Å². The van der Waals surface area contributed by atoms with Gasteiger partial charge in [0.25, 0.3) is 0 Å². The molecule has 1 heteroatoms. The van der Waals surface area contributed by atoms with E-state index in [2.05, 4.69) is 68.5 Å². The quantitative estimate of drug-likeness (QED) is 0.623. The van der Waals surface area contributed by atoms with Gasteiger partial charge in [0.1, 0.15) is 0 Å². The Morgan fingerprint density at radius 3 is 2.50 bits per heavy atom. The topological polar surface area (TPSA) is 12.9 Å². The van der Waals surface area contributed by atoms with Gasteiger partial charge in [-0.3, -0.25) is 0 Å². The fourth-order valence-electron chi connectivity index (χ4n) is 2.34. The van der Waals surface area contributed by atoms with Gasteiger partial charge in [-0.2, -0.15) is 0 Å². The lowest BCUT2D eigenvalue weighted by molar-refractivity contribution is 1.33. The van der Waals surface area contributed by atoms with Gasteiger partial charge < -0.3 is 0 Å². The van der Waals surface area contributed by atoms with Crippen LogP contribution in [-0.2, 0) is 0 Å². The Kier molecular flexibility index (Phi) is 3.34. The molecule has 0 saturated carbocycles. The number of pyridine rings is 1. The number of hydrogen-bond acceptors (Lipinski definition) is 1. The number of fused-ring (bicyclic) bond motifs is 1. The monoisotopic (exact) mass is 259 g/mol. The smallest absolute Gasteiger partial charge is 0.0709 e. The summed E-state index contributed by atoms with van der Waals surface area (Å²) in [6.45, 7) is 4.25. The van der Waals surface area contributed by atoms with Crippen molar-refractivity contribution in [2.75, 3.05) is 0 Å². The van der Waals surface area contributed by atoms with Gasteiger partial charge in [-0.15, -0.1) is 0 Å². The summed E-state index contributed by atoms with van der Waals surface area (Å²) in [4.78, 5) is 4.73. The average Bonchev–Trinajstić information content (AvgIpc) is 2.49. The van der Waals surface area contributed by atoms with Crippen LogP contribution in [0.2, 0.25) is 0 Å². The Morgan fingerprint density at radius 2 is 1.65 bits per heavy atom. The molecular formula is C19H17N. The fraction of sp³-hybridized carbons (Fsp3) is 0.105. The van der Waals surface area contributed by atoms with Crippen LogP contribution in [0.25, 0.3) is 22.6 Å². The average molecular weight is 259 g/mol. The van der Waals surface area contributed by atoms with E-state index in [9.17, 15) is 0 Å². The molecule has 0 bridgehead atoms. The zero-order chi connectivity index (χ0) is 13.9. The molecule has 3 aromatic rings. The number of allylic oxidation sites excluding steroid dienone is 1. The number of benzene rings is 2. The third-order valence-electron chi connectivity index (χ3n) is 3.56. The first-order valence-corrected chi connectivity index (χ1v) is 6.84. The van der Waals surface area contributed by atoms with Crippen molar-refractivity contribution in [3.63, 3.8) is 0 Å². The first-order chi connectivity index (χ1) is 9.74. The Hall–Kier alpha value is -2.41. The molecule has 0 atom stereocenters. The maximum atomic E-state index is 4.73. The molecule has 0 saturated heterocycles. The van der Waals surface area contributed by atoms with Crippen molar-refractivity contribution in [3.05, 3.63) is 77.5 Å². The fourth-order valence-corrected chi connectivity index (χ4v) is 2.34. The maximum absolute atomic E-state index is 4.73. The van der Waals surface area contributed by atoms with Gasteiger partial charge >= 0.3 is 0 Å². The third kappa shape index (κ3) is 2.48. The van der Waals surface area contributed by atoms with E-state index in [1.165, 1.54) is 22.1 Å². The summed E-state index contributed by atoms with van der Waals surface area (Å²) in [6.07, 6.45) is 2.20. The van der Waals surface area contributed by atoms with E-state index in [-0.39, 0.29) is 0 Å². The summed E-state index contributed by atoms with van der Waals surface area (Å²) < 4.78 is 0. The first kappa shape index (κ1) is 12.6. The molecular weight excluding hydrogens is 242 g/mol. The Morgan fingerprint density at radius 1 is 0.900 bits per heavy atom. The van der Waals surface area contributed by atoms with Crippen molar-refractivity contribution < 1.29 is 0 Å². The molecule has 0 fully saturated rings. The van der Waals surface area contributed by atoms with Crippen LogP contribution in [0.3, 0.4) is 0 Å². The number of aromatic nitrogens is 1. The van der Waals surface area contributed by atoms with E-state index in [0.717, 1.165) is 11.2 Å². The lowest BCUT2D eigenvalue weighted by atomic mass is 10.0. The highest BCUT2D eigenvalue weighted by atomic mass is 14.7. The number of hydrogen-bond donors (Lipinski definition) is 0. The van der Waals surface area contributed by atoms with Crippen LogP contribution in [0, 0.1) is 6.92 Å². The third-order valence-corrected chi connectivity index (χ3v) is 3.56. The molecule has 1 nitrogen and oxygen atoms in total. The predicted molar refractivity (Wildman–Crippen MR) is 86.5 cm³/mol. The van der Waals surface area contributed by atoms with Crippen molar-refractivity contribution >= 4 is 22.6 Å². The molecule has 20 heavy (non-hydrogen) atoms. The normalized spacial score (nSPS) is 11.8. The highest BCUT2D eigenvalue weighted by Gasteiger charge is 2.01. The minimum atomic E-state index is 1.03. The Labute approximate surface area is 119 Å². The number of aryl methyl sites for hydroxylation is 1. The highest BCUT2D eigenvalue weighted by Crippen LogP contribution is 2.20. The standard InChI is InChI=1S/C19H17N/c1-14-7-3-4-9-17(14)13-15(2)18-12-11-16-8-5-6-10-19(16)20-18/h3-13H,1-2H3/b15-13+. The molecule has 0 radical (unpaired) electrons. The molecule has 0 aliphatic rings. The molecule has 0 unspecified atom stereocenters. The number of para-hydroxylation sites is 1. The lowest BCUT2D eigenvalue weighted by Crippen LogP contribution is -1.88. The molecule has 0 amide bonds. The Bertz CT molecular complexity index is 784. The van der Waals surface area contributed by atoms with Crippen LogP contribution < -0.4 is 0 Å².